The van der Waals surface area contributed by atoms with Crippen LogP contribution in [0.3, 0.4) is 0 Å². The second kappa shape index (κ2) is 8.07. The molecule has 8 heteroatoms. The van der Waals surface area contributed by atoms with Crippen LogP contribution in [0.5, 0.6) is 0 Å². The fraction of sp³-hybridized carbons (Fsp3) is 0.619. The zero-order valence-corrected chi connectivity index (χ0v) is 18.2. The molecule has 0 radical (unpaired) electrons. The van der Waals surface area contributed by atoms with Crippen LogP contribution in [-0.4, -0.2) is 50.5 Å². The number of benzene rings is 1. The average Bonchev–Trinajstić information content (AvgIpc) is 3.04. The SMILES string of the molecule is Cc1ccc(S(=O)(=O)OCC2CC(=O)C3CN(C(=O)OC(C)(C)C)C[C@@H]3C2)cc1. The molecular formula is C21H29NO6S. The van der Waals surface area contributed by atoms with E-state index in [-0.39, 0.29) is 41.5 Å². The fourth-order valence-electron chi connectivity index (χ4n) is 3.98. The van der Waals surface area contributed by atoms with Crippen LogP contribution in [0.4, 0.5) is 4.79 Å². The van der Waals surface area contributed by atoms with E-state index in [4.69, 9.17) is 8.92 Å². The molecule has 2 fully saturated rings. The van der Waals surface area contributed by atoms with Gasteiger partial charge in [-0.05, 0) is 58.1 Å². The Labute approximate surface area is 172 Å². The van der Waals surface area contributed by atoms with Crippen molar-refractivity contribution in [3.63, 3.8) is 0 Å². The van der Waals surface area contributed by atoms with E-state index >= 15 is 0 Å². The minimum absolute atomic E-state index is 0.0134. The third kappa shape index (κ3) is 5.36. The average molecular weight is 424 g/mol. The van der Waals surface area contributed by atoms with Crippen LogP contribution in [0, 0.1) is 24.7 Å². The molecule has 1 saturated carbocycles. The molecule has 2 unspecified atom stereocenters. The van der Waals surface area contributed by atoms with Crippen molar-refractivity contribution in [1.29, 1.82) is 0 Å². The summed E-state index contributed by atoms with van der Waals surface area (Å²) in [4.78, 5) is 26.6. The number of likely N-dealkylation sites (tertiary alicyclic amines) is 1. The van der Waals surface area contributed by atoms with Gasteiger partial charge in [0.1, 0.15) is 11.4 Å². The highest BCUT2D eigenvalue weighted by molar-refractivity contribution is 7.86. The van der Waals surface area contributed by atoms with Crippen molar-refractivity contribution in [1.82, 2.24) is 4.90 Å². The molecular weight excluding hydrogens is 394 g/mol. The molecule has 0 spiro atoms. The number of hydrogen-bond donors (Lipinski definition) is 0. The number of Topliss-reactive ketones (excluding diaryl/α,β-unsaturated/α-hetero) is 1. The zero-order chi connectivity index (χ0) is 21.4. The van der Waals surface area contributed by atoms with E-state index in [1.807, 2.05) is 6.92 Å². The standard InChI is InChI=1S/C21H29NO6S/c1-14-5-7-17(8-6-14)29(25,26)27-13-15-9-16-11-22(12-18(16)19(23)10-15)20(24)28-21(2,3)4/h5-8,15-16,18H,9-13H2,1-4H3/t15?,16-,18?/m0/s1. The Kier molecular flexibility index (Phi) is 6.06. The Morgan fingerprint density at radius 2 is 1.83 bits per heavy atom. The number of rotatable bonds is 4. The molecule has 3 rings (SSSR count). The third-order valence-corrected chi connectivity index (χ3v) is 6.70. The summed E-state index contributed by atoms with van der Waals surface area (Å²) in [7, 11) is -3.86. The molecule has 3 atom stereocenters. The summed E-state index contributed by atoms with van der Waals surface area (Å²) in [6.07, 6.45) is 0.515. The summed E-state index contributed by atoms with van der Waals surface area (Å²) < 4.78 is 35.4. The van der Waals surface area contributed by atoms with Crippen molar-refractivity contribution < 1.29 is 26.9 Å². The fourth-order valence-corrected chi connectivity index (χ4v) is 4.96. The highest BCUT2D eigenvalue weighted by Crippen LogP contribution is 2.38. The summed E-state index contributed by atoms with van der Waals surface area (Å²) in [6.45, 7) is 8.09. The second-order valence-corrected chi connectivity index (χ2v) is 10.7. The number of ketones is 1. The van der Waals surface area contributed by atoms with Gasteiger partial charge >= 0.3 is 6.09 Å². The van der Waals surface area contributed by atoms with Crippen LogP contribution in [0.15, 0.2) is 29.2 Å². The molecule has 1 amide bonds. The van der Waals surface area contributed by atoms with Crippen LogP contribution >= 0.6 is 0 Å². The van der Waals surface area contributed by atoms with Crippen molar-refractivity contribution >= 4 is 22.0 Å². The first-order chi connectivity index (χ1) is 13.4. The molecule has 7 nitrogen and oxygen atoms in total. The van der Waals surface area contributed by atoms with E-state index in [1.165, 1.54) is 12.1 Å². The van der Waals surface area contributed by atoms with E-state index in [9.17, 15) is 18.0 Å². The van der Waals surface area contributed by atoms with Gasteiger partial charge in [0, 0.05) is 25.4 Å². The smallest absolute Gasteiger partial charge is 0.410 e. The van der Waals surface area contributed by atoms with Crippen molar-refractivity contribution in [2.45, 2.75) is 51.0 Å². The van der Waals surface area contributed by atoms with Crippen molar-refractivity contribution in [2.75, 3.05) is 19.7 Å². The largest absolute Gasteiger partial charge is 0.444 e. The zero-order valence-electron chi connectivity index (χ0n) is 17.4. The summed E-state index contributed by atoms with van der Waals surface area (Å²) in [5.74, 6) is -0.303. The van der Waals surface area contributed by atoms with Gasteiger partial charge < -0.3 is 9.64 Å². The molecule has 1 aromatic rings. The van der Waals surface area contributed by atoms with Crippen LogP contribution < -0.4 is 0 Å². The van der Waals surface area contributed by atoms with Gasteiger partial charge in [-0.1, -0.05) is 17.7 Å². The maximum atomic E-state index is 12.6. The Bertz CT molecular complexity index is 871. The third-order valence-electron chi connectivity index (χ3n) is 5.40. The van der Waals surface area contributed by atoms with E-state index < -0.39 is 21.8 Å². The van der Waals surface area contributed by atoms with E-state index in [0.29, 0.717) is 19.5 Å². The Hall–Kier alpha value is -1.93. The minimum Gasteiger partial charge on any atom is -0.444 e. The number of amides is 1. The molecule has 1 heterocycles. The van der Waals surface area contributed by atoms with Gasteiger partial charge in [0.2, 0.25) is 0 Å². The monoisotopic (exact) mass is 423 g/mol. The lowest BCUT2D eigenvalue weighted by atomic mass is 9.75. The number of nitrogens with zero attached hydrogens (tertiary/aromatic N) is 1. The molecule has 1 aliphatic heterocycles. The molecule has 1 aliphatic carbocycles. The maximum absolute atomic E-state index is 12.6. The highest BCUT2D eigenvalue weighted by Gasteiger charge is 2.45. The molecule has 1 saturated heterocycles. The molecule has 2 aliphatic rings. The number of aryl methyl sites for hydroxylation is 1. The topological polar surface area (TPSA) is 90.0 Å². The quantitative estimate of drug-likeness (QED) is 0.691. The highest BCUT2D eigenvalue weighted by atomic mass is 32.2. The maximum Gasteiger partial charge on any atom is 0.410 e. The van der Waals surface area contributed by atoms with Crippen LogP contribution in [0.1, 0.15) is 39.2 Å². The number of carbonyl (C=O) groups excluding carboxylic acids is 2. The number of ether oxygens (including phenoxy) is 1. The van der Waals surface area contributed by atoms with E-state index in [2.05, 4.69) is 0 Å². The summed E-state index contributed by atoms with van der Waals surface area (Å²) in [6, 6.07) is 6.47. The Morgan fingerprint density at radius 1 is 1.17 bits per heavy atom. The van der Waals surface area contributed by atoms with Crippen molar-refractivity contribution in [3.8, 4) is 0 Å². The summed E-state index contributed by atoms with van der Waals surface area (Å²) >= 11 is 0. The Balaban J connectivity index is 1.59. The Morgan fingerprint density at radius 3 is 2.45 bits per heavy atom. The molecule has 0 N–H and O–H groups in total. The van der Waals surface area contributed by atoms with Crippen LogP contribution in [0.2, 0.25) is 0 Å². The van der Waals surface area contributed by atoms with Gasteiger partial charge in [0.15, 0.2) is 0 Å². The predicted octanol–water partition coefficient (Wildman–Crippen LogP) is 3.16. The van der Waals surface area contributed by atoms with Gasteiger partial charge in [-0.3, -0.25) is 8.98 Å². The van der Waals surface area contributed by atoms with Crippen molar-refractivity contribution in [2.24, 2.45) is 17.8 Å². The first-order valence-corrected chi connectivity index (χ1v) is 11.3. The number of carbonyl (C=O) groups is 2. The normalized spacial score (nSPS) is 25.0. The van der Waals surface area contributed by atoms with Gasteiger partial charge in [-0.15, -0.1) is 0 Å². The molecule has 29 heavy (non-hydrogen) atoms. The molecule has 160 valence electrons. The first-order valence-electron chi connectivity index (χ1n) is 9.91. The summed E-state index contributed by atoms with van der Waals surface area (Å²) in [5.41, 5.74) is 0.374. The van der Waals surface area contributed by atoms with Gasteiger partial charge in [-0.25, -0.2) is 4.79 Å². The van der Waals surface area contributed by atoms with Crippen LogP contribution in [-0.2, 0) is 23.8 Å². The van der Waals surface area contributed by atoms with Gasteiger partial charge in [-0.2, -0.15) is 8.42 Å². The second-order valence-electron chi connectivity index (χ2n) is 9.08. The lowest BCUT2D eigenvalue weighted by molar-refractivity contribution is -0.127. The van der Waals surface area contributed by atoms with E-state index in [0.717, 1.165) is 5.56 Å². The lowest BCUT2D eigenvalue weighted by Gasteiger charge is -2.29. The van der Waals surface area contributed by atoms with Gasteiger partial charge in [0.25, 0.3) is 10.1 Å². The van der Waals surface area contributed by atoms with E-state index in [1.54, 1.807) is 37.8 Å². The summed E-state index contributed by atoms with van der Waals surface area (Å²) in [5, 5.41) is 0. The van der Waals surface area contributed by atoms with Crippen molar-refractivity contribution in [3.05, 3.63) is 29.8 Å². The number of fused-ring (bicyclic) bond motifs is 1. The number of hydrogen-bond acceptors (Lipinski definition) is 6. The lowest BCUT2D eigenvalue weighted by Crippen LogP contribution is -2.36. The molecule has 0 aromatic heterocycles. The first kappa shape index (κ1) is 21.8. The molecule has 1 aromatic carbocycles. The molecule has 0 bridgehead atoms. The minimum atomic E-state index is -3.86. The van der Waals surface area contributed by atoms with Crippen LogP contribution in [0.25, 0.3) is 0 Å². The predicted molar refractivity (Wildman–Crippen MR) is 107 cm³/mol. The van der Waals surface area contributed by atoms with Gasteiger partial charge in [0.05, 0.1) is 11.5 Å².